The van der Waals surface area contributed by atoms with Gasteiger partial charge in [-0.25, -0.2) is 19.9 Å². The molecule has 0 atom stereocenters. The van der Waals surface area contributed by atoms with Crippen molar-refractivity contribution >= 4 is 21.8 Å². The van der Waals surface area contributed by atoms with Gasteiger partial charge in [-0.05, 0) is 51.9 Å². The summed E-state index contributed by atoms with van der Waals surface area (Å²) in [5.74, 6) is 2.70. The molecule has 5 heteroatoms. The number of hydrogen-bond acceptors (Lipinski definition) is 4. The minimum atomic E-state index is -0.131. The zero-order chi connectivity index (χ0) is 33.3. The van der Waals surface area contributed by atoms with Crippen LogP contribution in [0.2, 0.25) is 0 Å². The molecule has 0 aliphatic heterocycles. The third-order valence-corrected chi connectivity index (χ3v) is 10.9. The van der Waals surface area contributed by atoms with Crippen molar-refractivity contribution < 1.29 is 0 Å². The first-order chi connectivity index (χ1) is 23.8. The van der Waals surface area contributed by atoms with Crippen molar-refractivity contribution in [1.82, 2.24) is 24.5 Å². The molecule has 49 heavy (non-hydrogen) atoms. The fourth-order valence-corrected chi connectivity index (χ4v) is 7.68. The molecule has 8 aromatic rings. The van der Waals surface area contributed by atoms with Gasteiger partial charge in [-0.1, -0.05) is 137 Å². The Kier molecular flexibility index (Phi) is 6.44. The number of rotatable bonds is 4. The molecule has 1 aliphatic rings. The zero-order valence-electron chi connectivity index (χ0n) is 28.0. The molecule has 0 unspecified atom stereocenters. The number of para-hydroxylation sites is 1. The van der Waals surface area contributed by atoms with Gasteiger partial charge in [0.15, 0.2) is 17.5 Å². The number of hydrogen-bond donors (Lipinski definition) is 0. The van der Waals surface area contributed by atoms with Crippen LogP contribution in [0, 0.1) is 0 Å². The Bertz CT molecular complexity index is 2470. The third kappa shape index (κ3) is 4.39. The molecular weight excluding hydrogens is 599 g/mol. The topological polar surface area (TPSA) is 56.5 Å². The van der Waals surface area contributed by atoms with Gasteiger partial charge in [0.05, 0.1) is 11.0 Å². The molecule has 3 heterocycles. The quantitative estimate of drug-likeness (QED) is 0.193. The van der Waals surface area contributed by atoms with Crippen LogP contribution in [0.25, 0.3) is 72.9 Å². The standard InChI is InChI=1S/C44H35N5/c1-43(2)34-21-13-11-19-31(34)32-24-25-36-38(39(32)44(43,3)4)33-20-12-14-22-35(33)49(36)37-26-23-30(27-45-37)42-47-40(28-15-7-5-8-16-28)46-41(48-42)29-17-9-6-10-18-29/h5-27H,1-4H3. The summed E-state index contributed by atoms with van der Waals surface area (Å²) in [4.78, 5) is 19.8. The second-order valence-electron chi connectivity index (χ2n) is 14.0. The summed E-state index contributed by atoms with van der Waals surface area (Å²) in [5, 5.41) is 2.53. The molecule has 0 N–H and O–H groups in total. The average molecular weight is 634 g/mol. The predicted octanol–water partition coefficient (Wildman–Crippen LogP) is 10.6. The Morgan fingerprint density at radius 2 is 1.06 bits per heavy atom. The van der Waals surface area contributed by atoms with E-state index in [0.717, 1.165) is 33.5 Å². The molecular formula is C44H35N5. The fraction of sp³-hybridized carbons (Fsp3) is 0.136. The first-order valence-corrected chi connectivity index (χ1v) is 16.8. The van der Waals surface area contributed by atoms with Crippen LogP contribution in [-0.2, 0) is 10.8 Å². The van der Waals surface area contributed by atoms with E-state index in [1.54, 1.807) is 0 Å². The van der Waals surface area contributed by atoms with Gasteiger partial charge < -0.3 is 0 Å². The first-order valence-electron chi connectivity index (χ1n) is 16.8. The minimum Gasteiger partial charge on any atom is -0.294 e. The van der Waals surface area contributed by atoms with E-state index in [1.165, 1.54) is 33.0 Å². The van der Waals surface area contributed by atoms with Gasteiger partial charge in [0.25, 0.3) is 0 Å². The average Bonchev–Trinajstić information content (AvgIpc) is 3.49. The van der Waals surface area contributed by atoms with Crippen LogP contribution >= 0.6 is 0 Å². The normalized spacial score (nSPS) is 14.4. The molecule has 0 saturated heterocycles. The predicted molar refractivity (Wildman–Crippen MR) is 200 cm³/mol. The molecule has 3 aromatic heterocycles. The Morgan fingerprint density at radius 3 is 1.71 bits per heavy atom. The number of nitrogens with zero attached hydrogens (tertiary/aromatic N) is 5. The van der Waals surface area contributed by atoms with Crippen molar-refractivity contribution in [3.63, 3.8) is 0 Å². The maximum atomic E-state index is 5.08. The molecule has 0 saturated carbocycles. The van der Waals surface area contributed by atoms with Crippen molar-refractivity contribution in [2.75, 3.05) is 0 Å². The Morgan fingerprint density at radius 1 is 0.469 bits per heavy atom. The minimum absolute atomic E-state index is 0.0737. The number of aromatic nitrogens is 5. The van der Waals surface area contributed by atoms with E-state index in [1.807, 2.05) is 66.9 Å². The summed E-state index contributed by atoms with van der Waals surface area (Å²) in [6.07, 6.45) is 1.89. The van der Waals surface area contributed by atoms with Gasteiger partial charge in [0, 0.05) is 39.1 Å². The van der Waals surface area contributed by atoms with Gasteiger partial charge in [-0.2, -0.15) is 0 Å². The van der Waals surface area contributed by atoms with Gasteiger partial charge in [-0.15, -0.1) is 0 Å². The number of benzene rings is 5. The zero-order valence-corrected chi connectivity index (χ0v) is 28.0. The lowest BCUT2D eigenvalue weighted by atomic mass is 9.55. The lowest BCUT2D eigenvalue weighted by Gasteiger charge is -2.48. The van der Waals surface area contributed by atoms with Crippen molar-refractivity contribution in [3.05, 3.63) is 151 Å². The van der Waals surface area contributed by atoms with E-state index >= 15 is 0 Å². The van der Waals surface area contributed by atoms with Crippen LogP contribution in [0.4, 0.5) is 0 Å². The fourth-order valence-electron chi connectivity index (χ4n) is 7.68. The summed E-state index contributed by atoms with van der Waals surface area (Å²) in [5.41, 5.74) is 10.2. The molecule has 9 rings (SSSR count). The van der Waals surface area contributed by atoms with Crippen LogP contribution in [0.15, 0.2) is 140 Å². The van der Waals surface area contributed by atoms with Crippen LogP contribution in [0.3, 0.4) is 0 Å². The molecule has 0 radical (unpaired) electrons. The van der Waals surface area contributed by atoms with Crippen molar-refractivity contribution in [3.8, 4) is 51.1 Å². The summed E-state index contributed by atoms with van der Waals surface area (Å²) < 4.78 is 2.30. The number of fused-ring (bicyclic) bond motifs is 7. The van der Waals surface area contributed by atoms with E-state index in [4.69, 9.17) is 19.9 Å². The highest BCUT2D eigenvalue weighted by Gasteiger charge is 2.47. The first kappa shape index (κ1) is 29.2. The molecule has 236 valence electrons. The van der Waals surface area contributed by atoms with E-state index in [-0.39, 0.29) is 10.8 Å². The highest BCUT2D eigenvalue weighted by atomic mass is 15.1. The second kappa shape index (κ2) is 10.8. The van der Waals surface area contributed by atoms with Crippen LogP contribution in [-0.4, -0.2) is 24.5 Å². The Hall–Kier alpha value is -5.94. The maximum absolute atomic E-state index is 5.08. The number of pyridine rings is 1. The molecule has 0 amide bonds. The molecule has 0 fully saturated rings. The lowest BCUT2D eigenvalue weighted by Crippen LogP contribution is -2.43. The summed E-state index contributed by atoms with van der Waals surface area (Å²) in [6.45, 7) is 9.59. The molecule has 0 spiro atoms. The van der Waals surface area contributed by atoms with Gasteiger partial charge >= 0.3 is 0 Å². The molecule has 0 bridgehead atoms. The Balaban J connectivity index is 1.23. The summed E-state index contributed by atoms with van der Waals surface area (Å²) >= 11 is 0. The molecule has 5 nitrogen and oxygen atoms in total. The van der Waals surface area contributed by atoms with Crippen molar-refractivity contribution in [2.45, 2.75) is 38.5 Å². The third-order valence-electron chi connectivity index (χ3n) is 10.9. The van der Waals surface area contributed by atoms with Crippen LogP contribution < -0.4 is 0 Å². The monoisotopic (exact) mass is 633 g/mol. The van der Waals surface area contributed by atoms with E-state index in [2.05, 4.69) is 105 Å². The van der Waals surface area contributed by atoms with E-state index in [9.17, 15) is 0 Å². The largest absolute Gasteiger partial charge is 0.294 e. The highest BCUT2D eigenvalue weighted by Crippen LogP contribution is 2.56. The highest BCUT2D eigenvalue weighted by molar-refractivity contribution is 6.13. The lowest BCUT2D eigenvalue weighted by molar-refractivity contribution is 0.301. The Labute approximate surface area is 286 Å². The van der Waals surface area contributed by atoms with Crippen molar-refractivity contribution in [2.24, 2.45) is 0 Å². The molecule has 5 aromatic carbocycles. The van der Waals surface area contributed by atoms with Gasteiger partial charge in [0.2, 0.25) is 0 Å². The SMILES string of the molecule is CC1(C)c2ccccc2-c2ccc3c(c2C1(C)C)c1ccccc1n3-c1ccc(-c2nc(-c3ccccc3)nc(-c3ccccc3)n2)cn1. The van der Waals surface area contributed by atoms with E-state index in [0.29, 0.717) is 17.5 Å². The van der Waals surface area contributed by atoms with Crippen LogP contribution in [0.5, 0.6) is 0 Å². The maximum Gasteiger partial charge on any atom is 0.165 e. The van der Waals surface area contributed by atoms with E-state index < -0.39 is 0 Å². The van der Waals surface area contributed by atoms with Crippen LogP contribution in [0.1, 0.15) is 38.8 Å². The van der Waals surface area contributed by atoms with Gasteiger partial charge in [0.1, 0.15) is 5.82 Å². The molecule has 1 aliphatic carbocycles. The summed E-state index contributed by atoms with van der Waals surface area (Å²) in [7, 11) is 0. The summed E-state index contributed by atoms with van der Waals surface area (Å²) in [6, 6.07) is 46.5. The van der Waals surface area contributed by atoms with Gasteiger partial charge in [-0.3, -0.25) is 4.57 Å². The van der Waals surface area contributed by atoms with Crippen molar-refractivity contribution in [1.29, 1.82) is 0 Å². The smallest absolute Gasteiger partial charge is 0.165 e. The second-order valence-corrected chi connectivity index (χ2v) is 14.0.